The van der Waals surface area contributed by atoms with Crippen LogP contribution in [0.2, 0.25) is 5.02 Å². The fraction of sp³-hybridized carbons (Fsp3) is 0.312. The summed E-state index contributed by atoms with van der Waals surface area (Å²) in [6, 6.07) is 5.18. The molecule has 0 saturated carbocycles. The Balaban J connectivity index is 2.06. The van der Waals surface area contributed by atoms with Gasteiger partial charge in [0.2, 0.25) is 0 Å². The Hall–Kier alpha value is -2.34. The van der Waals surface area contributed by atoms with E-state index in [0.29, 0.717) is 22.2 Å². The monoisotopic (exact) mass is 336 g/mol. The van der Waals surface area contributed by atoms with Crippen molar-refractivity contribution in [2.45, 2.75) is 33.8 Å². The van der Waals surface area contributed by atoms with E-state index in [2.05, 4.69) is 10.5 Å². The summed E-state index contributed by atoms with van der Waals surface area (Å²) in [5.74, 6) is -0.743. The van der Waals surface area contributed by atoms with Gasteiger partial charge in [0, 0.05) is 10.7 Å². The smallest absolute Gasteiger partial charge is 0.344 e. The minimum absolute atomic E-state index is 0.239. The van der Waals surface area contributed by atoms with Gasteiger partial charge in [-0.1, -0.05) is 22.8 Å². The molecule has 2 rings (SSSR count). The number of amides is 1. The Morgan fingerprint density at radius 3 is 2.61 bits per heavy atom. The quantitative estimate of drug-likeness (QED) is 0.865. The second-order valence-electron chi connectivity index (χ2n) is 5.15. The molecule has 0 saturated heterocycles. The van der Waals surface area contributed by atoms with E-state index >= 15 is 0 Å². The number of aryl methyl sites for hydroxylation is 2. The van der Waals surface area contributed by atoms with Crippen molar-refractivity contribution in [1.29, 1.82) is 0 Å². The third-order valence-electron chi connectivity index (χ3n) is 3.42. The fourth-order valence-corrected chi connectivity index (χ4v) is 2.20. The Bertz CT molecular complexity index is 735. The number of esters is 1. The SMILES string of the molecule is Cc1noc(C)c1C(=O)O[C@H](C)C(=O)Nc1cccc(Cl)c1C. The predicted molar refractivity (Wildman–Crippen MR) is 85.7 cm³/mol. The Morgan fingerprint density at radius 1 is 1.30 bits per heavy atom. The molecule has 6 nitrogen and oxygen atoms in total. The standard InChI is InChI=1S/C16H17ClN2O4/c1-8-12(17)6-5-7-13(8)18-15(20)11(4)22-16(21)14-9(2)19-23-10(14)3/h5-7,11H,1-4H3,(H,18,20)/t11-/m1/s1. The number of hydrogen-bond acceptors (Lipinski definition) is 5. The summed E-state index contributed by atoms with van der Waals surface area (Å²) >= 11 is 6.01. The van der Waals surface area contributed by atoms with Crippen LogP contribution in [0.4, 0.5) is 5.69 Å². The minimum Gasteiger partial charge on any atom is -0.449 e. The zero-order chi connectivity index (χ0) is 17.1. The second kappa shape index (κ2) is 6.83. The Labute approximate surface area is 138 Å². The molecule has 0 radical (unpaired) electrons. The van der Waals surface area contributed by atoms with E-state index in [1.165, 1.54) is 6.92 Å². The van der Waals surface area contributed by atoms with Gasteiger partial charge in [0.05, 0.1) is 5.69 Å². The van der Waals surface area contributed by atoms with E-state index in [1.54, 1.807) is 39.0 Å². The first-order valence-electron chi connectivity index (χ1n) is 7.01. The number of hydrogen-bond donors (Lipinski definition) is 1. The lowest BCUT2D eigenvalue weighted by Crippen LogP contribution is -2.30. The molecular formula is C16H17ClN2O4. The van der Waals surface area contributed by atoms with Gasteiger partial charge in [-0.25, -0.2) is 4.79 Å². The fourth-order valence-electron chi connectivity index (χ4n) is 2.02. The van der Waals surface area contributed by atoms with Crippen molar-refractivity contribution < 1.29 is 18.8 Å². The summed E-state index contributed by atoms with van der Waals surface area (Å²) in [5.41, 5.74) is 1.98. The summed E-state index contributed by atoms with van der Waals surface area (Å²) in [6.07, 6.45) is -0.977. The van der Waals surface area contributed by atoms with Crippen LogP contribution in [0, 0.1) is 20.8 Å². The van der Waals surface area contributed by atoms with Crippen LogP contribution >= 0.6 is 11.6 Å². The molecule has 0 unspecified atom stereocenters. The van der Waals surface area contributed by atoms with Gasteiger partial charge in [-0.05, 0) is 45.4 Å². The molecule has 1 amide bonds. The minimum atomic E-state index is -0.977. The Morgan fingerprint density at radius 2 is 2.00 bits per heavy atom. The number of anilines is 1. The highest BCUT2D eigenvalue weighted by Gasteiger charge is 2.24. The number of rotatable bonds is 4. The highest BCUT2D eigenvalue weighted by molar-refractivity contribution is 6.31. The van der Waals surface area contributed by atoms with E-state index < -0.39 is 18.0 Å². The number of carbonyl (C=O) groups excluding carboxylic acids is 2. The van der Waals surface area contributed by atoms with Crippen molar-refractivity contribution in [3.8, 4) is 0 Å². The molecule has 0 aliphatic rings. The number of nitrogens with one attached hydrogen (secondary N) is 1. The van der Waals surface area contributed by atoms with Gasteiger partial charge in [0.25, 0.3) is 5.91 Å². The van der Waals surface area contributed by atoms with Crippen LogP contribution in [0.5, 0.6) is 0 Å². The van der Waals surface area contributed by atoms with Crippen LogP contribution in [-0.2, 0) is 9.53 Å². The highest BCUT2D eigenvalue weighted by Crippen LogP contribution is 2.23. The van der Waals surface area contributed by atoms with E-state index in [9.17, 15) is 9.59 Å². The van der Waals surface area contributed by atoms with Gasteiger partial charge in [0.1, 0.15) is 11.3 Å². The van der Waals surface area contributed by atoms with Crippen LogP contribution < -0.4 is 5.32 Å². The van der Waals surface area contributed by atoms with Crippen molar-refractivity contribution in [3.05, 3.63) is 45.8 Å². The van der Waals surface area contributed by atoms with Gasteiger partial charge in [0.15, 0.2) is 6.10 Å². The van der Waals surface area contributed by atoms with Crippen molar-refractivity contribution >= 4 is 29.2 Å². The van der Waals surface area contributed by atoms with Crippen molar-refractivity contribution in [1.82, 2.24) is 5.16 Å². The van der Waals surface area contributed by atoms with Gasteiger partial charge >= 0.3 is 5.97 Å². The third kappa shape index (κ3) is 3.71. The van der Waals surface area contributed by atoms with Gasteiger partial charge in [-0.3, -0.25) is 4.79 Å². The van der Waals surface area contributed by atoms with Gasteiger partial charge in [-0.2, -0.15) is 0 Å². The maximum Gasteiger partial charge on any atom is 0.344 e. The zero-order valence-corrected chi connectivity index (χ0v) is 14.0. The van der Waals surface area contributed by atoms with Gasteiger partial charge in [-0.15, -0.1) is 0 Å². The second-order valence-corrected chi connectivity index (χ2v) is 5.56. The number of aromatic nitrogens is 1. The van der Waals surface area contributed by atoms with Crippen LogP contribution in [0.3, 0.4) is 0 Å². The lowest BCUT2D eigenvalue weighted by Gasteiger charge is -2.15. The molecule has 0 aliphatic carbocycles. The molecular weight excluding hydrogens is 320 g/mol. The lowest BCUT2D eigenvalue weighted by molar-refractivity contribution is -0.123. The molecule has 2 aromatic rings. The van der Waals surface area contributed by atoms with E-state index in [0.717, 1.165) is 5.56 Å². The molecule has 122 valence electrons. The van der Waals surface area contributed by atoms with Crippen molar-refractivity contribution in [2.24, 2.45) is 0 Å². The van der Waals surface area contributed by atoms with E-state index in [1.807, 2.05) is 0 Å². The number of ether oxygens (including phenoxy) is 1. The molecule has 0 fully saturated rings. The topological polar surface area (TPSA) is 81.4 Å². The molecule has 23 heavy (non-hydrogen) atoms. The largest absolute Gasteiger partial charge is 0.449 e. The molecule has 1 aromatic heterocycles. The molecule has 1 N–H and O–H groups in total. The number of nitrogens with zero attached hydrogens (tertiary/aromatic N) is 1. The molecule has 0 spiro atoms. The maximum absolute atomic E-state index is 12.2. The molecule has 7 heteroatoms. The molecule has 1 atom stereocenters. The Kier molecular flexibility index (Phi) is 5.05. The molecule has 1 heterocycles. The molecule has 1 aromatic carbocycles. The molecule has 0 bridgehead atoms. The summed E-state index contributed by atoms with van der Waals surface area (Å²) in [4.78, 5) is 24.3. The summed E-state index contributed by atoms with van der Waals surface area (Å²) in [5, 5.41) is 6.92. The normalized spacial score (nSPS) is 11.9. The predicted octanol–water partition coefficient (Wildman–Crippen LogP) is 3.44. The summed E-state index contributed by atoms with van der Waals surface area (Å²) in [7, 11) is 0. The van der Waals surface area contributed by atoms with Crippen molar-refractivity contribution in [3.63, 3.8) is 0 Å². The van der Waals surface area contributed by atoms with Crippen LogP contribution in [-0.4, -0.2) is 23.1 Å². The van der Waals surface area contributed by atoms with Crippen molar-refractivity contribution in [2.75, 3.05) is 5.32 Å². The maximum atomic E-state index is 12.2. The zero-order valence-electron chi connectivity index (χ0n) is 13.3. The summed E-state index contributed by atoms with van der Waals surface area (Å²) in [6.45, 7) is 6.52. The first kappa shape index (κ1) is 17.0. The number of benzene rings is 1. The number of halogens is 1. The summed E-state index contributed by atoms with van der Waals surface area (Å²) < 4.78 is 10.1. The number of carbonyl (C=O) groups is 2. The van der Waals surface area contributed by atoms with Crippen LogP contribution in [0.15, 0.2) is 22.7 Å². The average Bonchev–Trinajstić information content (AvgIpc) is 2.82. The highest BCUT2D eigenvalue weighted by atomic mass is 35.5. The van der Waals surface area contributed by atoms with Crippen LogP contribution in [0.25, 0.3) is 0 Å². The van der Waals surface area contributed by atoms with E-state index in [-0.39, 0.29) is 5.56 Å². The lowest BCUT2D eigenvalue weighted by atomic mass is 10.2. The average molecular weight is 337 g/mol. The molecule has 0 aliphatic heterocycles. The van der Waals surface area contributed by atoms with E-state index in [4.69, 9.17) is 20.9 Å². The van der Waals surface area contributed by atoms with Gasteiger partial charge < -0.3 is 14.6 Å². The van der Waals surface area contributed by atoms with Crippen LogP contribution in [0.1, 0.15) is 34.3 Å². The first-order chi connectivity index (χ1) is 10.8. The third-order valence-corrected chi connectivity index (χ3v) is 3.83. The first-order valence-corrected chi connectivity index (χ1v) is 7.39.